The SMILES string of the molecule is CC(O)CC(C)(C)CNC(=O)N1CCCCC(N2CCCC2)C1. The summed E-state index contributed by atoms with van der Waals surface area (Å²) in [4.78, 5) is 17.2. The number of likely N-dealkylation sites (tertiary alicyclic amines) is 2. The molecule has 2 aliphatic rings. The van der Waals surface area contributed by atoms with Crippen molar-refractivity contribution in [3.63, 3.8) is 0 Å². The third kappa shape index (κ3) is 5.96. The summed E-state index contributed by atoms with van der Waals surface area (Å²) in [6.45, 7) is 10.7. The van der Waals surface area contributed by atoms with Gasteiger partial charge in [0.15, 0.2) is 0 Å². The van der Waals surface area contributed by atoms with Crippen molar-refractivity contribution in [1.82, 2.24) is 15.1 Å². The highest BCUT2D eigenvalue weighted by molar-refractivity contribution is 5.74. The van der Waals surface area contributed by atoms with Gasteiger partial charge in [-0.25, -0.2) is 4.79 Å². The molecule has 2 aliphatic heterocycles. The van der Waals surface area contributed by atoms with E-state index in [0.717, 1.165) is 19.5 Å². The smallest absolute Gasteiger partial charge is 0.317 e. The van der Waals surface area contributed by atoms with Crippen LogP contribution in [0.4, 0.5) is 4.79 Å². The van der Waals surface area contributed by atoms with Gasteiger partial charge >= 0.3 is 6.03 Å². The number of aliphatic hydroxyl groups excluding tert-OH is 1. The minimum absolute atomic E-state index is 0.0646. The van der Waals surface area contributed by atoms with E-state index < -0.39 is 0 Å². The normalized spacial score (nSPS) is 25.2. The first-order valence-corrected chi connectivity index (χ1v) is 9.32. The summed E-state index contributed by atoms with van der Waals surface area (Å²) < 4.78 is 0. The zero-order valence-electron chi connectivity index (χ0n) is 15.2. The Kier molecular flexibility index (Phi) is 6.72. The van der Waals surface area contributed by atoms with E-state index >= 15 is 0 Å². The quantitative estimate of drug-likeness (QED) is 0.816. The van der Waals surface area contributed by atoms with Crippen LogP contribution in [-0.2, 0) is 0 Å². The van der Waals surface area contributed by atoms with Crippen molar-refractivity contribution in [3.8, 4) is 0 Å². The van der Waals surface area contributed by atoms with Gasteiger partial charge in [0.05, 0.1) is 6.10 Å². The topological polar surface area (TPSA) is 55.8 Å². The monoisotopic (exact) mass is 325 g/mol. The molecule has 2 amide bonds. The summed E-state index contributed by atoms with van der Waals surface area (Å²) in [5.74, 6) is 0. The maximum absolute atomic E-state index is 12.6. The molecule has 2 fully saturated rings. The second-order valence-corrected chi connectivity index (χ2v) is 8.21. The molecule has 0 bridgehead atoms. The van der Waals surface area contributed by atoms with Gasteiger partial charge in [-0.1, -0.05) is 20.3 Å². The minimum atomic E-state index is -0.334. The Balaban J connectivity index is 1.84. The van der Waals surface area contributed by atoms with Crippen LogP contribution in [0.5, 0.6) is 0 Å². The number of urea groups is 1. The van der Waals surface area contributed by atoms with Crippen molar-refractivity contribution < 1.29 is 9.90 Å². The Hall–Kier alpha value is -0.810. The molecule has 0 spiro atoms. The van der Waals surface area contributed by atoms with Crippen molar-refractivity contribution in [2.45, 2.75) is 71.4 Å². The number of nitrogens with one attached hydrogen (secondary N) is 1. The Bertz CT molecular complexity index is 378. The van der Waals surface area contributed by atoms with Gasteiger partial charge < -0.3 is 15.3 Å². The minimum Gasteiger partial charge on any atom is -0.393 e. The van der Waals surface area contributed by atoms with Gasteiger partial charge in [0.2, 0.25) is 0 Å². The molecule has 0 aromatic carbocycles. The first-order valence-electron chi connectivity index (χ1n) is 9.32. The maximum atomic E-state index is 12.6. The van der Waals surface area contributed by atoms with Crippen LogP contribution in [0.15, 0.2) is 0 Å². The third-order valence-electron chi connectivity index (χ3n) is 5.16. The second-order valence-electron chi connectivity index (χ2n) is 8.21. The van der Waals surface area contributed by atoms with E-state index in [1.54, 1.807) is 6.92 Å². The highest BCUT2D eigenvalue weighted by Crippen LogP contribution is 2.22. The number of hydrogen-bond acceptors (Lipinski definition) is 3. The first-order chi connectivity index (χ1) is 10.9. The molecule has 0 aliphatic carbocycles. The predicted molar refractivity (Wildman–Crippen MR) is 93.5 cm³/mol. The molecule has 2 rings (SSSR count). The molecule has 5 heteroatoms. The fraction of sp³-hybridized carbons (Fsp3) is 0.944. The molecule has 0 radical (unpaired) electrons. The number of carbonyl (C=O) groups excluding carboxylic acids is 1. The van der Waals surface area contributed by atoms with E-state index in [4.69, 9.17) is 0 Å². The Morgan fingerprint density at radius 1 is 1.22 bits per heavy atom. The van der Waals surface area contributed by atoms with Crippen molar-refractivity contribution in [2.24, 2.45) is 5.41 Å². The lowest BCUT2D eigenvalue weighted by molar-refractivity contribution is 0.125. The van der Waals surface area contributed by atoms with Crippen LogP contribution in [0.2, 0.25) is 0 Å². The van der Waals surface area contributed by atoms with Crippen LogP contribution in [0, 0.1) is 5.41 Å². The number of rotatable bonds is 5. The van der Waals surface area contributed by atoms with Gasteiger partial charge in [-0.15, -0.1) is 0 Å². The number of hydrogen-bond donors (Lipinski definition) is 2. The van der Waals surface area contributed by atoms with E-state index in [1.165, 1.54) is 38.8 Å². The van der Waals surface area contributed by atoms with Gasteiger partial charge in [-0.2, -0.15) is 0 Å². The second kappa shape index (κ2) is 8.34. The van der Waals surface area contributed by atoms with Crippen LogP contribution < -0.4 is 5.32 Å². The summed E-state index contributed by atoms with van der Waals surface area (Å²) in [6, 6.07) is 0.603. The average molecular weight is 325 g/mol. The number of aliphatic hydroxyl groups is 1. The van der Waals surface area contributed by atoms with E-state index in [1.807, 2.05) is 4.90 Å². The van der Waals surface area contributed by atoms with E-state index in [9.17, 15) is 9.90 Å². The van der Waals surface area contributed by atoms with Crippen molar-refractivity contribution in [3.05, 3.63) is 0 Å². The number of amides is 2. The summed E-state index contributed by atoms with van der Waals surface area (Å²) in [5.41, 5.74) is -0.0793. The molecule has 2 saturated heterocycles. The van der Waals surface area contributed by atoms with Crippen LogP contribution in [0.25, 0.3) is 0 Å². The molecule has 2 atom stereocenters. The Morgan fingerprint density at radius 3 is 2.52 bits per heavy atom. The molecule has 5 nitrogen and oxygen atoms in total. The largest absolute Gasteiger partial charge is 0.393 e. The summed E-state index contributed by atoms with van der Waals surface area (Å²) in [5, 5.41) is 12.7. The predicted octanol–water partition coefficient (Wildman–Crippen LogP) is 2.44. The lowest BCUT2D eigenvalue weighted by Crippen LogP contribution is -2.49. The summed E-state index contributed by atoms with van der Waals surface area (Å²) >= 11 is 0. The van der Waals surface area contributed by atoms with Crippen LogP contribution in [-0.4, -0.2) is 65.8 Å². The van der Waals surface area contributed by atoms with Gasteiger partial charge in [0.1, 0.15) is 0 Å². The molecule has 134 valence electrons. The van der Waals surface area contributed by atoms with Gasteiger partial charge in [0, 0.05) is 25.7 Å². The molecule has 0 aromatic heterocycles. The fourth-order valence-electron chi connectivity index (χ4n) is 4.01. The molecule has 2 N–H and O–H groups in total. The highest BCUT2D eigenvalue weighted by atomic mass is 16.3. The zero-order chi connectivity index (χ0) is 16.9. The van der Waals surface area contributed by atoms with E-state index in [-0.39, 0.29) is 17.6 Å². The standard InChI is InChI=1S/C18H35N3O2/c1-15(22)12-18(2,3)14-19-17(23)21-11-5-4-8-16(13-21)20-9-6-7-10-20/h15-16,22H,4-14H2,1-3H3,(H,19,23). The fourth-order valence-corrected chi connectivity index (χ4v) is 4.01. The first kappa shape index (κ1) is 18.5. The van der Waals surface area contributed by atoms with Crippen LogP contribution in [0.3, 0.4) is 0 Å². The van der Waals surface area contributed by atoms with Crippen molar-refractivity contribution >= 4 is 6.03 Å². The van der Waals surface area contributed by atoms with E-state index in [0.29, 0.717) is 19.0 Å². The van der Waals surface area contributed by atoms with Crippen LogP contribution >= 0.6 is 0 Å². The number of nitrogens with zero attached hydrogens (tertiary/aromatic N) is 2. The lowest BCUT2D eigenvalue weighted by Gasteiger charge is -2.32. The van der Waals surface area contributed by atoms with Gasteiger partial charge in [-0.05, 0) is 57.5 Å². The molecule has 23 heavy (non-hydrogen) atoms. The Morgan fingerprint density at radius 2 is 1.87 bits per heavy atom. The zero-order valence-corrected chi connectivity index (χ0v) is 15.2. The van der Waals surface area contributed by atoms with Crippen LogP contribution in [0.1, 0.15) is 59.3 Å². The number of carbonyl (C=O) groups is 1. The Labute approximate surface area is 141 Å². The molecule has 0 aromatic rings. The molecule has 2 unspecified atom stereocenters. The molecular weight excluding hydrogens is 290 g/mol. The highest BCUT2D eigenvalue weighted by Gasteiger charge is 2.29. The summed E-state index contributed by atoms with van der Waals surface area (Å²) in [7, 11) is 0. The van der Waals surface area contributed by atoms with Crippen molar-refractivity contribution in [2.75, 3.05) is 32.7 Å². The summed E-state index contributed by atoms with van der Waals surface area (Å²) in [6.07, 6.45) is 6.51. The lowest BCUT2D eigenvalue weighted by atomic mass is 9.87. The molecule has 0 saturated carbocycles. The molecule has 2 heterocycles. The van der Waals surface area contributed by atoms with Crippen molar-refractivity contribution in [1.29, 1.82) is 0 Å². The van der Waals surface area contributed by atoms with Gasteiger partial charge in [-0.3, -0.25) is 4.90 Å². The average Bonchev–Trinajstić information content (AvgIpc) is 2.88. The van der Waals surface area contributed by atoms with E-state index in [2.05, 4.69) is 24.1 Å². The molecular formula is C18H35N3O2. The third-order valence-corrected chi connectivity index (χ3v) is 5.16. The maximum Gasteiger partial charge on any atom is 0.317 e. The van der Waals surface area contributed by atoms with Gasteiger partial charge in [0.25, 0.3) is 0 Å².